The maximum Gasteiger partial charge on any atom is 0.254 e. The van der Waals surface area contributed by atoms with Gasteiger partial charge in [0.05, 0.1) is 34.2 Å². The molecule has 0 radical (unpaired) electrons. The number of furan rings is 1. The van der Waals surface area contributed by atoms with Gasteiger partial charge in [-0.25, -0.2) is 9.67 Å². The Morgan fingerprint density at radius 3 is 2.72 bits per heavy atom. The normalized spacial score (nSPS) is 11.0. The number of fused-ring (bicyclic) bond motifs is 1. The summed E-state index contributed by atoms with van der Waals surface area (Å²) < 4.78 is 8.66. The lowest BCUT2D eigenvalue weighted by Gasteiger charge is -2.01. The highest BCUT2D eigenvalue weighted by Gasteiger charge is 2.13. The lowest BCUT2D eigenvalue weighted by molar-refractivity contribution is 0.0948. The molecule has 0 bridgehead atoms. The Morgan fingerprint density at radius 1 is 1.03 bits per heavy atom. The zero-order valence-electron chi connectivity index (χ0n) is 15.3. The highest BCUT2D eigenvalue weighted by Crippen LogP contribution is 2.31. The van der Waals surface area contributed by atoms with Gasteiger partial charge in [-0.2, -0.15) is 5.10 Å². The van der Waals surface area contributed by atoms with E-state index in [1.165, 1.54) is 0 Å². The van der Waals surface area contributed by atoms with Gasteiger partial charge in [-0.05, 0) is 36.4 Å². The van der Waals surface area contributed by atoms with Crippen molar-refractivity contribution in [2.75, 3.05) is 0 Å². The van der Waals surface area contributed by atoms with Crippen molar-refractivity contribution in [3.63, 3.8) is 0 Å². The fourth-order valence-electron chi connectivity index (χ4n) is 3.00. The number of rotatable bonds is 5. The molecule has 5 rings (SSSR count). The van der Waals surface area contributed by atoms with E-state index in [9.17, 15) is 4.79 Å². The molecule has 142 valence electrons. The number of nitrogens with one attached hydrogen (secondary N) is 1. The molecule has 0 aliphatic rings. The molecule has 0 fully saturated rings. The van der Waals surface area contributed by atoms with E-state index in [0.717, 1.165) is 20.9 Å². The van der Waals surface area contributed by atoms with Gasteiger partial charge in [0.25, 0.3) is 5.91 Å². The van der Waals surface area contributed by atoms with E-state index in [-0.39, 0.29) is 5.91 Å². The van der Waals surface area contributed by atoms with E-state index < -0.39 is 0 Å². The number of thiazole rings is 1. The maximum absolute atomic E-state index is 12.4. The smallest absolute Gasteiger partial charge is 0.254 e. The summed E-state index contributed by atoms with van der Waals surface area (Å²) in [7, 11) is 0. The minimum Gasteiger partial charge on any atom is -0.457 e. The van der Waals surface area contributed by atoms with Crippen molar-refractivity contribution >= 4 is 27.5 Å². The fourth-order valence-corrected chi connectivity index (χ4v) is 3.92. The summed E-state index contributed by atoms with van der Waals surface area (Å²) >= 11 is 1.58. The summed E-state index contributed by atoms with van der Waals surface area (Å²) in [6, 6.07) is 21.4. The van der Waals surface area contributed by atoms with Crippen LogP contribution in [0, 0.1) is 0 Å². The van der Waals surface area contributed by atoms with Gasteiger partial charge in [-0.1, -0.05) is 30.3 Å². The van der Waals surface area contributed by atoms with Crippen LogP contribution in [-0.2, 0) is 6.54 Å². The minimum atomic E-state index is -0.204. The number of carbonyl (C=O) groups excluding carboxylic acids is 1. The zero-order chi connectivity index (χ0) is 19.6. The molecule has 0 spiro atoms. The topological polar surface area (TPSA) is 73.0 Å². The van der Waals surface area contributed by atoms with Gasteiger partial charge >= 0.3 is 0 Å². The number of aromatic nitrogens is 3. The molecule has 6 nitrogen and oxygen atoms in total. The predicted octanol–water partition coefficient (Wildman–Crippen LogP) is 4.67. The van der Waals surface area contributed by atoms with E-state index in [1.807, 2.05) is 66.7 Å². The number of nitrogens with zero attached hydrogens (tertiary/aromatic N) is 3. The second-order valence-corrected chi connectivity index (χ2v) is 7.48. The van der Waals surface area contributed by atoms with Crippen LogP contribution in [0.3, 0.4) is 0 Å². The molecule has 0 aliphatic heterocycles. The molecule has 1 N–H and O–H groups in total. The number of para-hydroxylation sites is 2. The predicted molar refractivity (Wildman–Crippen MR) is 112 cm³/mol. The van der Waals surface area contributed by atoms with Gasteiger partial charge < -0.3 is 9.73 Å². The standard InChI is InChI=1S/C22H16N4O2S/c27-21(15-12-24-26(14-15)16-6-2-1-3-7-16)23-13-17-10-11-19(28-17)22-25-18-8-4-5-9-20(18)29-22/h1-12,14H,13H2,(H,23,27). The number of hydrogen-bond acceptors (Lipinski definition) is 5. The lowest BCUT2D eigenvalue weighted by Crippen LogP contribution is -2.22. The zero-order valence-corrected chi connectivity index (χ0v) is 16.1. The molecule has 5 aromatic rings. The Morgan fingerprint density at radius 2 is 1.86 bits per heavy atom. The molecule has 0 saturated heterocycles. The summed E-state index contributed by atoms with van der Waals surface area (Å²) in [6.07, 6.45) is 3.26. The molecule has 29 heavy (non-hydrogen) atoms. The fraction of sp³-hybridized carbons (Fsp3) is 0.0455. The monoisotopic (exact) mass is 400 g/mol. The number of benzene rings is 2. The summed E-state index contributed by atoms with van der Waals surface area (Å²) in [5.74, 6) is 1.17. The van der Waals surface area contributed by atoms with Crippen LogP contribution in [0.4, 0.5) is 0 Å². The van der Waals surface area contributed by atoms with Crippen LogP contribution in [0.5, 0.6) is 0 Å². The SMILES string of the molecule is O=C(NCc1ccc(-c2nc3ccccc3s2)o1)c1cnn(-c2ccccc2)c1. The molecule has 3 heterocycles. The van der Waals surface area contributed by atoms with Crippen molar-refractivity contribution in [3.8, 4) is 16.5 Å². The van der Waals surface area contributed by atoms with Gasteiger partial charge in [0, 0.05) is 6.20 Å². The third kappa shape index (κ3) is 3.55. The van der Waals surface area contributed by atoms with Crippen LogP contribution in [-0.4, -0.2) is 20.7 Å². The van der Waals surface area contributed by atoms with Crippen molar-refractivity contribution in [1.29, 1.82) is 0 Å². The Kier molecular flexibility index (Phi) is 4.42. The first kappa shape index (κ1) is 17.4. The third-order valence-electron chi connectivity index (χ3n) is 4.46. The summed E-state index contributed by atoms with van der Waals surface area (Å²) in [6.45, 7) is 0.292. The van der Waals surface area contributed by atoms with E-state index in [1.54, 1.807) is 28.4 Å². The largest absolute Gasteiger partial charge is 0.457 e. The number of amides is 1. The Bertz CT molecular complexity index is 1250. The molecule has 1 amide bonds. The molecule has 0 aliphatic carbocycles. The second-order valence-electron chi connectivity index (χ2n) is 6.44. The first-order chi connectivity index (χ1) is 14.3. The first-order valence-corrected chi connectivity index (χ1v) is 9.91. The van der Waals surface area contributed by atoms with Crippen LogP contribution < -0.4 is 5.32 Å². The van der Waals surface area contributed by atoms with Gasteiger partial charge in [0.1, 0.15) is 5.76 Å². The van der Waals surface area contributed by atoms with Gasteiger partial charge in [0.2, 0.25) is 0 Å². The molecular formula is C22H16N4O2S. The van der Waals surface area contributed by atoms with Crippen molar-refractivity contribution in [2.45, 2.75) is 6.54 Å². The van der Waals surface area contributed by atoms with Crippen molar-refractivity contribution in [2.24, 2.45) is 0 Å². The summed E-state index contributed by atoms with van der Waals surface area (Å²) in [4.78, 5) is 17.0. The van der Waals surface area contributed by atoms with Crippen molar-refractivity contribution in [3.05, 3.63) is 90.4 Å². The van der Waals surface area contributed by atoms with Crippen LogP contribution in [0.25, 0.3) is 26.7 Å². The summed E-state index contributed by atoms with van der Waals surface area (Å²) in [5, 5.41) is 7.95. The Hall–Kier alpha value is -3.71. The van der Waals surface area contributed by atoms with E-state index in [2.05, 4.69) is 15.4 Å². The number of carbonyl (C=O) groups is 1. The quantitative estimate of drug-likeness (QED) is 0.465. The van der Waals surface area contributed by atoms with E-state index >= 15 is 0 Å². The molecular weight excluding hydrogens is 384 g/mol. The minimum absolute atomic E-state index is 0.204. The summed E-state index contributed by atoms with van der Waals surface area (Å²) in [5.41, 5.74) is 2.35. The Balaban J connectivity index is 1.26. The van der Waals surface area contributed by atoms with Crippen LogP contribution >= 0.6 is 11.3 Å². The van der Waals surface area contributed by atoms with E-state index in [0.29, 0.717) is 23.6 Å². The highest BCUT2D eigenvalue weighted by molar-refractivity contribution is 7.21. The molecule has 0 saturated carbocycles. The second kappa shape index (κ2) is 7.37. The molecule has 2 aromatic carbocycles. The van der Waals surface area contributed by atoms with Crippen molar-refractivity contribution in [1.82, 2.24) is 20.1 Å². The van der Waals surface area contributed by atoms with Crippen LogP contribution in [0.1, 0.15) is 16.1 Å². The van der Waals surface area contributed by atoms with Gasteiger partial charge in [0.15, 0.2) is 10.8 Å². The molecule has 0 unspecified atom stereocenters. The molecule has 7 heteroatoms. The van der Waals surface area contributed by atoms with Gasteiger partial charge in [-0.15, -0.1) is 11.3 Å². The molecule has 0 atom stereocenters. The lowest BCUT2D eigenvalue weighted by atomic mass is 10.3. The highest BCUT2D eigenvalue weighted by atomic mass is 32.1. The average molecular weight is 400 g/mol. The van der Waals surface area contributed by atoms with Crippen LogP contribution in [0.15, 0.2) is 83.5 Å². The molecule has 3 aromatic heterocycles. The average Bonchev–Trinajstić information content (AvgIpc) is 3.51. The third-order valence-corrected chi connectivity index (χ3v) is 5.51. The van der Waals surface area contributed by atoms with E-state index in [4.69, 9.17) is 4.42 Å². The first-order valence-electron chi connectivity index (χ1n) is 9.09. The van der Waals surface area contributed by atoms with Crippen molar-refractivity contribution < 1.29 is 9.21 Å². The Labute approximate surface area is 170 Å². The van der Waals surface area contributed by atoms with Gasteiger partial charge in [-0.3, -0.25) is 4.79 Å². The van der Waals surface area contributed by atoms with Crippen LogP contribution in [0.2, 0.25) is 0 Å². The number of hydrogen-bond donors (Lipinski definition) is 1. The maximum atomic E-state index is 12.4.